The zero-order valence-corrected chi connectivity index (χ0v) is 12.2. The van der Waals surface area contributed by atoms with Gasteiger partial charge >= 0.3 is 0 Å². The van der Waals surface area contributed by atoms with Gasteiger partial charge in [-0.3, -0.25) is 0 Å². The van der Waals surface area contributed by atoms with Crippen LogP contribution >= 0.6 is 11.3 Å². The number of fused-ring (bicyclic) bond motifs is 2. The van der Waals surface area contributed by atoms with Crippen LogP contribution in [0, 0.1) is 6.92 Å². The summed E-state index contributed by atoms with van der Waals surface area (Å²) in [5, 5.41) is 8.54. The Hall–Kier alpha value is -2.34. The molecule has 5 nitrogen and oxygen atoms in total. The number of nitrogens with zero attached hydrogens (tertiary/aromatic N) is 2. The lowest BCUT2D eigenvalue weighted by molar-refractivity contribution is 0.174. The second-order valence-electron chi connectivity index (χ2n) is 4.82. The first kappa shape index (κ1) is 12.4. The van der Waals surface area contributed by atoms with E-state index in [9.17, 15) is 0 Å². The van der Waals surface area contributed by atoms with E-state index in [0.29, 0.717) is 6.54 Å². The molecular formula is C15H13N3O2S. The van der Waals surface area contributed by atoms with Crippen LogP contribution in [-0.2, 0) is 6.54 Å². The molecule has 0 bridgehead atoms. The van der Waals surface area contributed by atoms with Crippen molar-refractivity contribution >= 4 is 27.9 Å². The van der Waals surface area contributed by atoms with Gasteiger partial charge in [-0.05, 0) is 30.5 Å². The van der Waals surface area contributed by atoms with Crippen molar-refractivity contribution in [2.24, 2.45) is 0 Å². The Morgan fingerprint density at radius 3 is 2.95 bits per heavy atom. The first-order valence-electron chi connectivity index (χ1n) is 6.63. The van der Waals surface area contributed by atoms with Crippen molar-refractivity contribution in [2.75, 3.05) is 12.1 Å². The highest BCUT2D eigenvalue weighted by Crippen LogP contribution is 2.37. The summed E-state index contributed by atoms with van der Waals surface area (Å²) < 4.78 is 10.8. The fourth-order valence-corrected chi connectivity index (χ4v) is 3.06. The van der Waals surface area contributed by atoms with Crippen molar-refractivity contribution in [1.82, 2.24) is 9.97 Å². The number of aromatic nitrogens is 2. The maximum atomic E-state index is 5.44. The maximum absolute atomic E-state index is 5.44. The SMILES string of the molecule is Cc1csc(CNc2nccc3cc4c(cc23)OCO4)n1. The van der Waals surface area contributed by atoms with E-state index in [4.69, 9.17) is 9.47 Å². The molecule has 1 aliphatic rings. The number of anilines is 1. The van der Waals surface area contributed by atoms with Gasteiger partial charge in [-0.15, -0.1) is 11.3 Å². The topological polar surface area (TPSA) is 56.3 Å². The Morgan fingerprint density at radius 2 is 2.14 bits per heavy atom. The van der Waals surface area contributed by atoms with E-state index in [2.05, 4.69) is 15.3 Å². The number of thiazole rings is 1. The molecule has 106 valence electrons. The highest BCUT2D eigenvalue weighted by molar-refractivity contribution is 7.09. The summed E-state index contributed by atoms with van der Waals surface area (Å²) in [6.07, 6.45) is 1.79. The third-order valence-corrected chi connectivity index (χ3v) is 4.30. The van der Waals surface area contributed by atoms with Gasteiger partial charge in [-0.2, -0.15) is 0 Å². The molecule has 6 heteroatoms. The molecule has 4 rings (SSSR count). The Labute approximate surface area is 125 Å². The molecule has 0 amide bonds. The highest BCUT2D eigenvalue weighted by Gasteiger charge is 2.15. The lowest BCUT2D eigenvalue weighted by atomic mass is 10.1. The molecule has 0 saturated carbocycles. The van der Waals surface area contributed by atoms with Gasteiger partial charge in [0.25, 0.3) is 0 Å². The minimum atomic E-state index is 0.278. The Kier molecular flexibility index (Phi) is 2.89. The Bertz CT molecular complexity index is 816. The van der Waals surface area contributed by atoms with Crippen molar-refractivity contribution in [1.29, 1.82) is 0 Å². The number of ether oxygens (including phenoxy) is 2. The molecule has 0 unspecified atom stereocenters. The average molecular weight is 299 g/mol. The van der Waals surface area contributed by atoms with E-state index < -0.39 is 0 Å². The second-order valence-corrected chi connectivity index (χ2v) is 5.76. The smallest absolute Gasteiger partial charge is 0.231 e. The van der Waals surface area contributed by atoms with E-state index in [1.807, 2.05) is 30.5 Å². The standard InChI is InChI=1S/C15H13N3O2S/c1-9-7-21-14(18-9)6-17-15-11-5-13-12(19-8-20-13)4-10(11)2-3-16-15/h2-5,7H,6,8H2,1H3,(H,16,17). The van der Waals surface area contributed by atoms with Crippen LogP contribution in [0.3, 0.4) is 0 Å². The first-order valence-corrected chi connectivity index (χ1v) is 7.51. The molecule has 0 fully saturated rings. The van der Waals surface area contributed by atoms with Crippen LogP contribution in [0.2, 0.25) is 0 Å². The molecule has 2 aromatic heterocycles. The predicted octanol–water partition coefficient (Wildman–Crippen LogP) is 3.34. The third kappa shape index (κ3) is 2.27. The number of pyridine rings is 1. The van der Waals surface area contributed by atoms with Gasteiger partial charge in [-0.1, -0.05) is 0 Å². The van der Waals surface area contributed by atoms with Crippen LogP contribution in [0.15, 0.2) is 29.8 Å². The summed E-state index contributed by atoms with van der Waals surface area (Å²) in [6, 6.07) is 5.92. The van der Waals surface area contributed by atoms with Crippen LogP contribution in [0.4, 0.5) is 5.82 Å². The van der Waals surface area contributed by atoms with Crippen LogP contribution < -0.4 is 14.8 Å². The summed E-state index contributed by atoms with van der Waals surface area (Å²) in [7, 11) is 0. The highest BCUT2D eigenvalue weighted by atomic mass is 32.1. The van der Waals surface area contributed by atoms with Crippen molar-refractivity contribution in [2.45, 2.75) is 13.5 Å². The number of benzene rings is 1. The molecule has 0 saturated heterocycles. The molecule has 3 aromatic rings. The Balaban J connectivity index is 1.68. The van der Waals surface area contributed by atoms with Gasteiger partial charge in [-0.25, -0.2) is 9.97 Å². The fraction of sp³-hybridized carbons (Fsp3) is 0.200. The minimum Gasteiger partial charge on any atom is -0.454 e. The minimum absolute atomic E-state index is 0.278. The number of aryl methyl sites for hydroxylation is 1. The molecule has 0 radical (unpaired) electrons. The Morgan fingerprint density at radius 1 is 1.29 bits per heavy atom. The number of hydrogen-bond acceptors (Lipinski definition) is 6. The van der Waals surface area contributed by atoms with Gasteiger partial charge in [0.15, 0.2) is 11.5 Å². The van der Waals surface area contributed by atoms with Gasteiger partial charge in [0.05, 0.1) is 6.54 Å². The third-order valence-electron chi connectivity index (χ3n) is 3.33. The molecule has 0 atom stereocenters. The van der Waals surface area contributed by atoms with Gasteiger partial charge < -0.3 is 14.8 Å². The number of rotatable bonds is 3. The van der Waals surface area contributed by atoms with Crippen LogP contribution in [0.25, 0.3) is 10.8 Å². The van der Waals surface area contributed by atoms with Crippen molar-refractivity contribution in [3.8, 4) is 11.5 Å². The predicted molar refractivity (Wildman–Crippen MR) is 82.0 cm³/mol. The fourth-order valence-electron chi connectivity index (χ4n) is 2.35. The van der Waals surface area contributed by atoms with E-state index in [1.54, 1.807) is 17.5 Å². The van der Waals surface area contributed by atoms with Crippen LogP contribution in [0.1, 0.15) is 10.7 Å². The van der Waals surface area contributed by atoms with Crippen molar-refractivity contribution < 1.29 is 9.47 Å². The van der Waals surface area contributed by atoms with E-state index >= 15 is 0 Å². The van der Waals surface area contributed by atoms with E-state index in [-0.39, 0.29) is 6.79 Å². The van der Waals surface area contributed by atoms with E-state index in [0.717, 1.165) is 38.8 Å². The van der Waals surface area contributed by atoms with Gasteiger partial charge in [0.2, 0.25) is 6.79 Å². The summed E-state index contributed by atoms with van der Waals surface area (Å²) in [5.74, 6) is 2.39. The van der Waals surface area contributed by atoms with Crippen LogP contribution in [-0.4, -0.2) is 16.8 Å². The van der Waals surface area contributed by atoms with Crippen molar-refractivity contribution in [3.63, 3.8) is 0 Å². The van der Waals surface area contributed by atoms with Gasteiger partial charge in [0.1, 0.15) is 10.8 Å². The largest absolute Gasteiger partial charge is 0.454 e. The molecule has 21 heavy (non-hydrogen) atoms. The quantitative estimate of drug-likeness (QED) is 0.804. The monoisotopic (exact) mass is 299 g/mol. The van der Waals surface area contributed by atoms with E-state index in [1.165, 1.54) is 0 Å². The number of hydrogen-bond donors (Lipinski definition) is 1. The zero-order valence-electron chi connectivity index (χ0n) is 11.4. The summed E-state index contributed by atoms with van der Waals surface area (Å²) in [4.78, 5) is 8.87. The summed E-state index contributed by atoms with van der Waals surface area (Å²) >= 11 is 1.65. The average Bonchev–Trinajstić information content (AvgIpc) is 3.11. The summed E-state index contributed by atoms with van der Waals surface area (Å²) in [6.45, 7) is 2.94. The molecule has 0 aliphatic carbocycles. The molecule has 3 heterocycles. The lowest BCUT2D eigenvalue weighted by Crippen LogP contribution is -2.01. The molecule has 1 N–H and O–H groups in total. The molecule has 0 spiro atoms. The maximum Gasteiger partial charge on any atom is 0.231 e. The van der Waals surface area contributed by atoms with Gasteiger partial charge in [0, 0.05) is 22.7 Å². The molecular weight excluding hydrogens is 286 g/mol. The molecule has 1 aromatic carbocycles. The first-order chi connectivity index (χ1) is 10.3. The second kappa shape index (κ2) is 4.89. The van der Waals surface area contributed by atoms with Crippen molar-refractivity contribution in [3.05, 3.63) is 40.5 Å². The molecule has 1 aliphatic heterocycles. The zero-order chi connectivity index (χ0) is 14.2. The summed E-state index contributed by atoms with van der Waals surface area (Å²) in [5.41, 5.74) is 1.05. The normalized spacial score (nSPS) is 12.8. The lowest BCUT2D eigenvalue weighted by Gasteiger charge is -2.08. The number of nitrogens with one attached hydrogen (secondary N) is 1. The van der Waals surface area contributed by atoms with Crippen LogP contribution in [0.5, 0.6) is 11.5 Å².